The van der Waals surface area contributed by atoms with Crippen LogP contribution in [0.25, 0.3) is 6.08 Å². The molecule has 7 nitrogen and oxygen atoms in total. The van der Waals surface area contributed by atoms with Crippen molar-refractivity contribution in [3.8, 4) is 11.5 Å². The third-order valence-corrected chi connectivity index (χ3v) is 4.59. The van der Waals surface area contributed by atoms with E-state index in [9.17, 15) is 9.59 Å². The van der Waals surface area contributed by atoms with Crippen LogP contribution in [0.1, 0.15) is 27.2 Å². The molecule has 0 radical (unpaired) electrons. The number of ether oxygens (including phenoxy) is 2. The third kappa shape index (κ3) is 5.82. The molecule has 31 heavy (non-hydrogen) atoms. The molecule has 1 amide bonds. The molecule has 1 N–H and O–H groups in total. The fourth-order valence-electron chi connectivity index (χ4n) is 2.99. The Bertz CT molecular complexity index is 1110. The lowest BCUT2D eigenvalue weighted by atomic mass is 10.1. The van der Waals surface area contributed by atoms with Gasteiger partial charge in [-0.25, -0.2) is 0 Å². The Labute approximate surface area is 181 Å². The van der Waals surface area contributed by atoms with Gasteiger partial charge < -0.3 is 14.8 Å². The summed E-state index contributed by atoms with van der Waals surface area (Å²) in [5.41, 5.74) is 3.83. The van der Waals surface area contributed by atoms with E-state index in [0.717, 1.165) is 11.1 Å². The van der Waals surface area contributed by atoms with Crippen molar-refractivity contribution in [3.05, 3.63) is 77.1 Å². The molecule has 160 valence electrons. The number of amides is 1. The minimum atomic E-state index is -0.271. The number of aromatic nitrogens is 2. The summed E-state index contributed by atoms with van der Waals surface area (Å²) in [4.78, 5) is 24.5. The molecule has 0 atom stereocenters. The second-order valence-electron chi connectivity index (χ2n) is 7.11. The van der Waals surface area contributed by atoms with Crippen molar-refractivity contribution in [3.63, 3.8) is 0 Å². The van der Waals surface area contributed by atoms with E-state index in [1.54, 1.807) is 49.1 Å². The maximum absolute atomic E-state index is 12.4. The van der Waals surface area contributed by atoms with Gasteiger partial charge in [-0.15, -0.1) is 0 Å². The third-order valence-electron chi connectivity index (χ3n) is 4.59. The maximum atomic E-state index is 12.4. The standard InChI is InChI=1S/C24H25N3O4/c1-16-5-9-19(10-6-16)25-24(29)15-31-22-12-8-18(13-23(22)30-4)7-11-21(28)20-14-27(3)26-17(20)2/h5-14H,15H2,1-4H3,(H,25,29)/b11-7+. The van der Waals surface area contributed by atoms with Gasteiger partial charge in [0.15, 0.2) is 23.9 Å². The number of aryl methyl sites for hydroxylation is 3. The summed E-state index contributed by atoms with van der Waals surface area (Å²) < 4.78 is 12.6. The molecule has 0 spiro atoms. The van der Waals surface area contributed by atoms with Crippen molar-refractivity contribution in [2.24, 2.45) is 7.05 Å². The Morgan fingerprint density at radius 1 is 1.10 bits per heavy atom. The van der Waals surface area contributed by atoms with Crippen LogP contribution >= 0.6 is 0 Å². The zero-order chi connectivity index (χ0) is 22.4. The van der Waals surface area contributed by atoms with Crippen LogP contribution < -0.4 is 14.8 Å². The first kappa shape index (κ1) is 21.8. The average Bonchev–Trinajstić information content (AvgIpc) is 3.10. The number of rotatable bonds is 8. The monoisotopic (exact) mass is 419 g/mol. The molecule has 7 heteroatoms. The normalized spacial score (nSPS) is 10.8. The summed E-state index contributed by atoms with van der Waals surface area (Å²) >= 11 is 0. The minimum Gasteiger partial charge on any atom is -0.493 e. The quantitative estimate of drug-likeness (QED) is 0.441. The highest BCUT2D eigenvalue weighted by Gasteiger charge is 2.11. The van der Waals surface area contributed by atoms with Crippen molar-refractivity contribution in [2.45, 2.75) is 13.8 Å². The number of carbonyl (C=O) groups is 2. The predicted molar refractivity (Wildman–Crippen MR) is 120 cm³/mol. The smallest absolute Gasteiger partial charge is 0.262 e. The second kappa shape index (κ2) is 9.75. The Hall–Kier alpha value is -3.87. The topological polar surface area (TPSA) is 82.5 Å². The molecule has 3 rings (SSSR count). The van der Waals surface area contributed by atoms with E-state index in [1.807, 2.05) is 31.2 Å². The van der Waals surface area contributed by atoms with Crippen LogP contribution in [0.3, 0.4) is 0 Å². The number of methoxy groups -OCH3 is 1. The van der Waals surface area contributed by atoms with Crippen LogP contribution in [0, 0.1) is 13.8 Å². The van der Waals surface area contributed by atoms with Crippen molar-refractivity contribution in [2.75, 3.05) is 19.0 Å². The van der Waals surface area contributed by atoms with Gasteiger partial charge in [0.25, 0.3) is 5.91 Å². The van der Waals surface area contributed by atoms with E-state index in [2.05, 4.69) is 10.4 Å². The van der Waals surface area contributed by atoms with E-state index in [-0.39, 0.29) is 18.3 Å². The van der Waals surface area contributed by atoms with E-state index in [1.165, 1.54) is 13.2 Å². The first-order valence-electron chi connectivity index (χ1n) is 9.75. The number of carbonyl (C=O) groups excluding carboxylic acids is 2. The number of hydrogen-bond acceptors (Lipinski definition) is 5. The number of nitrogens with one attached hydrogen (secondary N) is 1. The molecule has 0 aliphatic rings. The largest absolute Gasteiger partial charge is 0.493 e. The van der Waals surface area contributed by atoms with Gasteiger partial charge in [-0.1, -0.05) is 29.8 Å². The predicted octanol–water partition coefficient (Wildman–Crippen LogP) is 3.96. The Kier molecular flexibility index (Phi) is 6.87. The lowest BCUT2D eigenvalue weighted by molar-refractivity contribution is -0.118. The molecular formula is C24H25N3O4. The van der Waals surface area contributed by atoms with Crippen LogP contribution in [-0.4, -0.2) is 35.2 Å². The van der Waals surface area contributed by atoms with Gasteiger partial charge in [0.1, 0.15) is 0 Å². The van der Waals surface area contributed by atoms with Crippen LogP contribution in [0.5, 0.6) is 11.5 Å². The Morgan fingerprint density at radius 3 is 2.48 bits per heavy atom. The van der Waals surface area contributed by atoms with Gasteiger partial charge in [0, 0.05) is 18.9 Å². The van der Waals surface area contributed by atoms with Crippen molar-refractivity contribution < 1.29 is 19.1 Å². The summed E-state index contributed by atoms with van der Waals surface area (Å²) in [6, 6.07) is 12.8. The summed E-state index contributed by atoms with van der Waals surface area (Å²) in [5, 5.41) is 6.97. The number of ketones is 1. The zero-order valence-electron chi connectivity index (χ0n) is 18.0. The second-order valence-corrected chi connectivity index (χ2v) is 7.11. The molecule has 1 heterocycles. The van der Waals surface area contributed by atoms with E-state index in [4.69, 9.17) is 9.47 Å². The molecule has 0 unspecified atom stereocenters. The van der Waals surface area contributed by atoms with E-state index >= 15 is 0 Å². The fourth-order valence-corrected chi connectivity index (χ4v) is 2.99. The number of allylic oxidation sites excluding steroid dienone is 1. The SMILES string of the molecule is COc1cc(/C=C/C(=O)c2cn(C)nc2C)ccc1OCC(=O)Nc1ccc(C)cc1. The molecule has 0 bridgehead atoms. The van der Waals surface area contributed by atoms with E-state index < -0.39 is 0 Å². The van der Waals surface area contributed by atoms with Gasteiger partial charge in [0.05, 0.1) is 18.4 Å². The Morgan fingerprint density at radius 2 is 1.84 bits per heavy atom. The number of hydrogen-bond donors (Lipinski definition) is 1. The lowest BCUT2D eigenvalue weighted by Crippen LogP contribution is -2.20. The highest BCUT2D eigenvalue weighted by molar-refractivity contribution is 6.07. The molecular weight excluding hydrogens is 394 g/mol. The summed E-state index contributed by atoms with van der Waals surface area (Å²) in [6.07, 6.45) is 4.89. The first-order chi connectivity index (χ1) is 14.9. The highest BCUT2D eigenvalue weighted by Crippen LogP contribution is 2.28. The first-order valence-corrected chi connectivity index (χ1v) is 9.75. The molecule has 0 aliphatic carbocycles. The number of benzene rings is 2. The van der Waals surface area contributed by atoms with Gasteiger partial charge in [-0.3, -0.25) is 14.3 Å². The number of nitrogens with zero attached hydrogens (tertiary/aromatic N) is 2. The lowest BCUT2D eigenvalue weighted by Gasteiger charge is -2.11. The Balaban J connectivity index is 1.62. The summed E-state index contributed by atoms with van der Waals surface area (Å²) in [7, 11) is 3.30. The maximum Gasteiger partial charge on any atom is 0.262 e. The summed E-state index contributed by atoms with van der Waals surface area (Å²) in [6.45, 7) is 3.62. The van der Waals surface area contributed by atoms with Gasteiger partial charge >= 0.3 is 0 Å². The molecule has 0 saturated heterocycles. The van der Waals surface area contributed by atoms with Crippen LogP contribution in [0.4, 0.5) is 5.69 Å². The van der Waals surface area contributed by atoms with Crippen LogP contribution in [0.2, 0.25) is 0 Å². The van der Waals surface area contributed by atoms with Gasteiger partial charge in [-0.05, 0) is 49.8 Å². The van der Waals surface area contributed by atoms with Crippen molar-refractivity contribution in [1.82, 2.24) is 9.78 Å². The minimum absolute atomic E-state index is 0.127. The highest BCUT2D eigenvalue weighted by atomic mass is 16.5. The molecule has 0 aliphatic heterocycles. The molecule has 0 saturated carbocycles. The van der Waals surface area contributed by atoms with E-state index in [0.29, 0.717) is 28.4 Å². The van der Waals surface area contributed by atoms with Gasteiger partial charge in [-0.2, -0.15) is 5.10 Å². The van der Waals surface area contributed by atoms with Crippen molar-refractivity contribution >= 4 is 23.5 Å². The molecule has 2 aromatic carbocycles. The average molecular weight is 419 g/mol. The molecule has 0 fully saturated rings. The van der Waals surface area contributed by atoms with Crippen LogP contribution in [0.15, 0.2) is 54.7 Å². The van der Waals surface area contributed by atoms with Crippen LogP contribution in [-0.2, 0) is 11.8 Å². The van der Waals surface area contributed by atoms with Gasteiger partial charge in [0.2, 0.25) is 0 Å². The summed E-state index contributed by atoms with van der Waals surface area (Å²) in [5.74, 6) is 0.508. The van der Waals surface area contributed by atoms with Crippen molar-refractivity contribution in [1.29, 1.82) is 0 Å². The zero-order valence-corrected chi connectivity index (χ0v) is 18.0. The molecule has 3 aromatic rings. The molecule has 1 aromatic heterocycles. The number of anilines is 1. The fraction of sp³-hybridized carbons (Fsp3) is 0.208.